The number of rotatable bonds is 4. The fourth-order valence-electron chi connectivity index (χ4n) is 1.29. The zero-order valence-corrected chi connectivity index (χ0v) is 9.20. The lowest BCUT2D eigenvalue weighted by Crippen LogP contribution is -2.16. The van der Waals surface area contributed by atoms with Crippen LogP contribution in [0.4, 0.5) is 4.39 Å². The van der Waals surface area contributed by atoms with Gasteiger partial charge in [-0.1, -0.05) is 6.07 Å². The SMILES string of the molecule is COC(=O)CC(N)c1ccc(OC)c(F)c1. The summed E-state index contributed by atoms with van der Waals surface area (Å²) in [6.45, 7) is 0. The third-order valence-electron chi connectivity index (χ3n) is 2.22. The molecule has 1 aromatic carbocycles. The minimum atomic E-state index is -0.576. The van der Waals surface area contributed by atoms with E-state index in [0.29, 0.717) is 5.56 Å². The lowest BCUT2D eigenvalue weighted by molar-refractivity contribution is -0.141. The van der Waals surface area contributed by atoms with E-state index in [1.165, 1.54) is 26.4 Å². The van der Waals surface area contributed by atoms with Gasteiger partial charge in [0.15, 0.2) is 11.6 Å². The molecule has 0 fully saturated rings. The molecule has 1 unspecified atom stereocenters. The van der Waals surface area contributed by atoms with Crippen LogP contribution in [0.2, 0.25) is 0 Å². The first-order chi connectivity index (χ1) is 7.58. The monoisotopic (exact) mass is 227 g/mol. The van der Waals surface area contributed by atoms with Crippen LogP contribution in [0.3, 0.4) is 0 Å². The smallest absolute Gasteiger partial charge is 0.307 e. The van der Waals surface area contributed by atoms with Gasteiger partial charge in [-0.2, -0.15) is 0 Å². The number of nitrogens with two attached hydrogens (primary N) is 1. The molecule has 0 saturated carbocycles. The summed E-state index contributed by atoms with van der Waals surface area (Å²) in [4.78, 5) is 11.0. The molecule has 1 aromatic rings. The number of benzene rings is 1. The molecule has 0 aliphatic rings. The molecule has 1 atom stereocenters. The molecule has 0 amide bonds. The van der Waals surface area contributed by atoms with E-state index in [2.05, 4.69) is 4.74 Å². The Bertz CT molecular complexity index is 381. The number of halogens is 1. The van der Waals surface area contributed by atoms with Crippen LogP contribution in [0.1, 0.15) is 18.0 Å². The quantitative estimate of drug-likeness (QED) is 0.790. The lowest BCUT2D eigenvalue weighted by Gasteiger charge is -2.11. The topological polar surface area (TPSA) is 61.5 Å². The molecule has 0 aromatic heterocycles. The number of hydrogen-bond donors (Lipinski definition) is 1. The highest BCUT2D eigenvalue weighted by Crippen LogP contribution is 2.22. The van der Waals surface area contributed by atoms with Gasteiger partial charge in [0.05, 0.1) is 20.6 Å². The van der Waals surface area contributed by atoms with Gasteiger partial charge in [0, 0.05) is 6.04 Å². The van der Waals surface area contributed by atoms with Gasteiger partial charge < -0.3 is 15.2 Å². The van der Waals surface area contributed by atoms with Crippen molar-refractivity contribution in [1.82, 2.24) is 0 Å². The molecule has 0 aliphatic heterocycles. The number of esters is 1. The Hall–Kier alpha value is -1.62. The van der Waals surface area contributed by atoms with Crippen molar-refractivity contribution in [3.63, 3.8) is 0 Å². The summed E-state index contributed by atoms with van der Waals surface area (Å²) >= 11 is 0. The van der Waals surface area contributed by atoms with E-state index in [1.54, 1.807) is 6.07 Å². The van der Waals surface area contributed by atoms with Gasteiger partial charge >= 0.3 is 5.97 Å². The molecule has 0 radical (unpaired) electrons. The zero-order chi connectivity index (χ0) is 12.1. The first kappa shape index (κ1) is 12.4. The summed E-state index contributed by atoms with van der Waals surface area (Å²) in [6, 6.07) is 3.77. The van der Waals surface area contributed by atoms with Crippen LogP contribution in [0, 0.1) is 5.82 Å². The second-order valence-corrected chi connectivity index (χ2v) is 3.28. The van der Waals surface area contributed by atoms with Crippen molar-refractivity contribution in [3.05, 3.63) is 29.6 Å². The van der Waals surface area contributed by atoms with E-state index in [1.807, 2.05) is 0 Å². The van der Waals surface area contributed by atoms with Crippen molar-refractivity contribution < 1.29 is 18.7 Å². The van der Waals surface area contributed by atoms with Crippen LogP contribution in [0.25, 0.3) is 0 Å². The standard InChI is InChI=1S/C11H14FNO3/c1-15-10-4-3-7(5-8(10)12)9(13)6-11(14)16-2/h3-5,9H,6,13H2,1-2H3. The minimum Gasteiger partial charge on any atom is -0.494 e. The molecule has 88 valence electrons. The number of methoxy groups -OCH3 is 2. The fraction of sp³-hybridized carbons (Fsp3) is 0.364. The molecule has 5 heteroatoms. The van der Waals surface area contributed by atoms with Gasteiger partial charge in [-0.05, 0) is 17.7 Å². The zero-order valence-electron chi connectivity index (χ0n) is 9.20. The molecule has 16 heavy (non-hydrogen) atoms. The lowest BCUT2D eigenvalue weighted by atomic mass is 10.0. The fourth-order valence-corrected chi connectivity index (χ4v) is 1.29. The molecule has 1 rings (SSSR count). The average molecular weight is 227 g/mol. The van der Waals surface area contributed by atoms with E-state index in [-0.39, 0.29) is 12.2 Å². The van der Waals surface area contributed by atoms with Gasteiger partial charge in [0.25, 0.3) is 0 Å². The Labute approximate surface area is 93.2 Å². The molecular formula is C11H14FNO3. The molecule has 0 bridgehead atoms. The Morgan fingerprint density at radius 3 is 2.69 bits per heavy atom. The second kappa shape index (κ2) is 5.46. The van der Waals surface area contributed by atoms with Crippen LogP contribution >= 0.6 is 0 Å². The molecule has 0 aliphatic carbocycles. The number of carbonyl (C=O) groups excluding carboxylic acids is 1. The van der Waals surface area contributed by atoms with E-state index >= 15 is 0 Å². The highest BCUT2D eigenvalue weighted by Gasteiger charge is 2.13. The first-order valence-corrected chi connectivity index (χ1v) is 4.74. The highest BCUT2D eigenvalue weighted by atomic mass is 19.1. The van der Waals surface area contributed by atoms with Crippen LogP contribution in [-0.4, -0.2) is 20.2 Å². The molecule has 0 spiro atoms. The van der Waals surface area contributed by atoms with Crippen molar-refractivity contribution in [2.24, 2.45) is 5.73 Å². The second-order valence-electron chi connectivity index (χ2n) is 3.28. The molecular weight excluding hydrogens is 213 g/mol. The van der Waals surface area contributed by atoms with Gasteiger partial charge in [0.2, 0.25) is 0 Å². The summed E-state index contributed by atoms with van der Waals surface area (Å²) in [6.07, 6.45) is 0.0161. The first-order valence-electron chi connectivity index (χ1n) is 4.74. The molecule has 0 saturated heterocycles. The van der Waals surface area contributed by atoms with Gasteiger partial charge in [-0.3, -0.25) is 4.79 Å². The molecule has 0 heterocycles. The van der Waals surface area contributed by atoms with Crippen LogP contribution in [0.5, 0.6) is 5.75 Å². The number of ether oxygens (including phenoxy) is 2. The Balaban J connectivity index is 2.80. The third-order valence-corrected chi connectivity index (χ3v) is 2.22. The van der Waals surface area contributed by atoms with Crippen molar-refractivity contribution in [3.8, 4) is 5.75 Å². The maximum absolute atomic E-state index is 13.3. The van der Waals surface area contributed by atoms with Crippen molar-refractivity contribution in [2.75, 3.05) is 14.2 Å². The van der Waals surface area contributed by atoms with E-state index in [4.69, 9.17) is 10.5 Å². The van der Waals surface area contributed by atoms with E-state index in [9.17, 15) is 9.18 Å². The predicted molar refractivity (Wildman–Crippen MR) is 56.5 cm³/mol. The number of carbonyl (C=O) groups is 1. The summed E-state index contributed by atoms with van der Waals surface area (Å²) in [7, 11) is 2.66. The van der Waals surface area contributed by atoms with Crippen LogP contribution < -0.4 is 10.5 Å². The van der Waals surface area contributed by atoms with Crippen molar-refractivity contribution >= 4 is 5.97 Å². The van der Waals surface area contributed by atoms with Gasteiger partial charge in [-0.15, -0.1) is 0 Å². The third kappa shape index (κ3) is 2.93. The Morgan fingerprint density at radius 2 is 2.19 bits per heavy atom. The van der Waals surface area contributed by atoms with Crippen molar-refractivity contribution in [2.45, 2.75) is 12.5 Å². The molecule has 2 N–H and O–H groups in total. The summed E-state index contributed by atoms with van der Waals surface area (Å²) in [5.74, 6) is -0.780. The van der Waals surface area contributed by atoms with Crippen molar-refractivity contribution in [1.29, 1.82) is 0 Å². The summed E-state index contributed by atoms with van der Waals surface area (Å²) in [5.41, 5.74) is 6.25. The maximum atomic E-state index is 13.3. The summed E-state index contributed by atoms with van der Waals surface area (Å²) in [5, 5.41) is 0. The Morgan fingerprint density at radius 1 is 1.50 bits per heavy atom. The summed E-state index contributed by atoms with van der Waals surface area (Å²) < 4.78 is 22.6. The highest BCUT2D eigenvalue weighted by molar-refractivity contribution is 5.70. The average Bonchev–Trinajstić information content (AvgIpc) is 2.28. The molecule has 4 nitrogen and oxygen atoms in total. The van der Waals surface area contributed by atoms with Crippen LogP contribution in [-0.2, 0) is 9.53 Å². The van der Waals surface area contributed by atoms with E-state index in [0.717, 1.165) is 0 Å². The largest absolute Gasteiger partial charge is 0.494 e. The van der Waals surface area contributed by atoms with Crippen LogP contribution in [0.15, 0.2) is 18.2 Å². The normalized spacial score (nSPS) is 12.0. The minimum absolute atomic E-state index is 0.0161. The Kier molecular flexibility index (Phi) is 4.25. The van der Waals surface area contributed by atoms with Gasteiger partial charge in [0.1, 0.15) is 0 Å². The number of hydrogen-bond acceptors (Lipinski definition) is 4. The maximum Gasteiger partial charge on any atom is 0.307 e. The van der Waals surface area contributed by atoms with E-state index < -0.39 is 17.8 Å². The van der Waals surface area contributed by atoms with Gasteiger partial charge in [-0.25, -0.2) is 4.39 Å². The predicted octanol–water partition coefficient (Wildman–Crippen LogP) is 1.40.